The first-order chi connectivity index (χ1) is 9.22. The average molecular weight is 261 g/mol. The van der Waals surface area contributed by atoms with Crippen molar-refractivity contribution in [2.45, 2.75) is 26.4 Å². The zero-order valence-corrected chi connectivity index (χ0v) is 12.0. The highest BCUT2D eigenvalue weighted by Gasteiger charge is 2.13. The fourth-order valence-electron chi connectivity index (χ4n) is 2.06. The summed E-state index contributed by atoms with van der Waals surface area (Å²) in [7, 11) is 1.73. The maximum absolute atomic E-state index is 8.80. The zero-order chi connectivity index (χ0) is 14.1. The molecule has 0 aliphatic rings. The van der Waals surface area contributed by atoms with E-state index in [-0.39, 0.29) is 6.61 Å². The molecule has 1 atom stereocenters. The molecular formula is C16H23NO2. The molecule has 0 aliphatic carbocycles. The fraction of sp³-hybridized carbons (Fsp3) is 0.500. The summed E-state index contributed by atoms with van der Waals surface area (Å²) in [6, 6.07) is 8.44. The van der Waals surface area contributed by atoms with Crippen molar-refractivity contribution in [2.24, 2.45) is 0 Å². The van der Waals surface area contributed by atoms with Crippen LogP contribution in [0, 0.1) is 11.8 Å². The van der Waals surface area contributed by atoms with E-state index in [0.29, 0.717) is 6.04 Å². The van der Waals surface area contributed by atoms with E-state index in [4.69, 9.17) is 9.84 Å². The van der Waals surface area contributed by atoms with E-state index >= 15 is 0 Å². The monoisotopic (exact) mass is 261 g/mol. The summed E-state index contributed by atoms with van der Waals surface area (Å²) < 4.78 is 5.22. The molecule has 0 radical (unpaired) electrons. The number of nitrogens with zero attached hydrogens (tertiary/aromatic N) is 1. The first-order valence-electron chi connectivity index (χ1n) is 6.63. The van der Waals surface area contributed by atoms with Crippen LogP contribution in [-0.2, 0) is 11.3 Å². The van der Waals surface area contributed by atoms with E-state index in [1.54, 1.807) is 7.11 Å². The first-order valence-corrected chi connectivity index (χ1v) is 6.63. The van der Waals surface area contributed by atoms with Crippen molar-refractivity contribution in [1.82, 2.24) is 4.90 Å². The predicted molar refractivity (Wildman–Crippen MR) is 77.8 cm³/mol. The van der Waals surface area contributed by atoms with Gasteiger partial charge in [-0.05, 0) is 25.1 Å². The molecule has 0 saturated heterocycles. The summed E-state index contributed by atoms with van der Waals surface area (Å²) in [6.45, 7) is 6.73. The minimum absolute atomic E-state index is 0.105. The largest absolute Gasteiger partial charge is 0.384 e. The summed E-state index contributed by atoms with van der Waals surface area (Å²) in [6.07, 6.45) is 0. The lowest BCUT2D eigenvalue weighted by Crippen LogP contribution is -2.35. The van der Waals surface area contributed by atoms with E-state index in [1.165, 1.54) is 5.56 Å². The van der Waals surface area contributed by atoms with Crippen molar-refractivity contribution < 1.29 is 9.84 Å². The van der Waals surface area contributed by atoms with Gasteiger partial charge in [0.05, 0.1) is 6.61 Å². The molecule has 1 rings (SSSR count). The molecule has 0 fully saturated rings. The molecule has 3 heteroatoms. The standard InChI is InChI=1S/C16H23NO2/c1-4-17(14(2)13-19-3)12-16-9-6-5-8-15(16)10-7-11-18/h5-6,8-9,14,18H,4,11-13H2,1-3H3. The molecular weight excluding hydrogens is 238 g/mol. The molecule has 0 saturated carbocycles. The Kier molecular flexibility index (Phi) is 7.20. The number of hydrogen-bond acceptors (Lipinski definition) is 3. The number of likely N-dealkylation sites (N-methyl/N-ethyl adjacent to an activating group) is 1. The number of aliphatic hydroxyl groups is 1. The highest BCUT2D eigenvalue weighted by atomic mass is 16.5. The molecule has 0 aromatic heterocycles. The first kappa shape index (κ1) is 15.7. The van der Waals surface area contributed by atoms with E-state index in [2.05, 4.69) is 36.7 Å². The second-order valence-corrected chi connectivity index (χ2v) is 4.48. The van der Waals surface area contributed by atoms with Gasteiger partial charge in [-0.15, -0.1) is 0 Å². The third-order valence-corrected chi connectivity index (χ3v) is 3.13. The lowest BCUT2D eigenvalue weighted by Gasteiger charge is -2.27. The Bertz CT molecular complexity index is 434. The molecule has 0 amide bonds. The van der Waals surface area contributed by atoms with Crippen molar-refractivity contribution in [3.8, 4) is 11.8 Å². The van der Waals surface area contributed by atoms with Crippen molar-refractivity contribution in [2.75, 3.05) is 26.9 Å². The number of benzene rings is 1. The maximum atomic E-state index is 8.80. The Hall–Kier alpha value is -1.34. The van der Waals surface area contributed by atoms with Gasteiger partial charge in [-0.25, -0.2) is 0 Å². The van der Waals surface area contributed by atoms with Crippen LogP contribution in [0.25, 0.3) is 0 Å². The normalized spacial score (nSPS) is 12.1. The maximum Gasteiger partial charge on any atom is 0.104 e. The van der Waals surface area contributed by atoms with Crippen molar-refractivity contribution in [3.05, 3.63) is 35.4 Å². The Morgan fingerprint density at radius 1 is 1.37 bits per heavy atom. The van der Waals surface area contributed by atoms with Gasteiger partial charge in [0.25, 0.3) is 0 Å². The molecule has 0 bridgehead atoms. The van der Waals surface area contributed by atoms with Gasteiger partial charge in [-0.3, -0.25) is 4.90 Å². The molecule has 0 aliphatic heterocycles. The van der Waals surface area contributed by atoms with Crippen LogP contribution in [0.15, 0.2) is 24.3 Å². The lowest BCUT2D eigenvalue weighted by atomic mass is 10.1. The highest BCUT2D eigenvalue weighted by molar-refractivity contribution is 5.41. The fourth-order valence-corrected chi connectivity index (χ4v) is 2.06. The van der Waals surface area contributed by atoms with Gasteiger partial charge < -0.3 is 9.84 Å². The van der Waals surface area contributed by atoms with Gasteiger partial charge in [0.2, 0.25) is 0 Å². The predicted octanol–water partition coefficient (Wildman–Crippen LogP) is 1.89. The minimum atomic E-state index is -0.105. The number of methoxy groups -OCH3 is 1. The Morgan fingerprint density at radius 3 is 2.74 bits per heavy atom. The van der Waals surface area contributed by atoms with E-state index in [1.807, 2.05) is 18.2 Å². The molecule has 19 heavy (non-hydrogen) atoms. The molecule has 1 aromatic carbocycles. The second-order valence-electron chi connectivity index (χ2n) is 4.48. The average Bonchev–Trinajstić information content (AvgIpc) is 2.43. The molecule has 1 N–H and O–H groups in total. The van der Waals surface area contributed by atoms with Crippen molar-refractivity contribution >= 4 is 0 Å². The van der Waals surface area contributed by atoms with Crippen LogP contribution in [0.2, 0.25) is 0 Å². The van der Waals surface area contributed by atoms with Gasteiger partial charge in [0.1, 0.15) is 6.61 Å². The Morgan fingerprint density at radius 2 is 2.11 bits per heavy atom. The van der Waals surface area contributed by atoms with Crippen LogP contribution in [0.3, 0.4) is 0 Å². The molecule has 1 aromatic rings. The quantitative estimate of drug-likeness (QED) is 0.794. The van der Waals surface area contributed by atoms with Gasteiger partial charge >= 0.3 is 0 Å². The SMILES string of the molecule is CCN(Cc1ccccc1C#CCO)C(C)COC. The van der Waals surface area contributed by atoms with Crippen LogP contribution < -0.4 is 0 Å². The van der Waals surface area contributed by atoms with Crippen molar-refractivity contribution in [1.29, 1.82) is 0 Å². The summed E-state index contributed by atoms with van der Waals surface area (Å²) in [5, 5.41) is 8.80. The van der Waals surface area contributed by atoms with Gasteiger partial charge in [0.15, 0.2) is 0 Å². The van der Waals surface area contributed by atoms with Crippen LogP contribution in [0.5, 0.6) is 0 Å². The van der Waals surface area contributed by atoms with E-state index in [0.717, 1.165) is 25.3 Å². The molecule has 3 nitrogen and oxygen atoms in total. The summed E-state index contributed by atoms with van der Waals surface area (Å²) in [4.78, 5) is 2.35. The van der Waals surface area contributed by atoms with Gasteiger partial charge in [-0.2, -0.15) is 0 Å². The molecule has 1 unspecified atom stereocenters. The third-order valence-electron chi connectivity index (χ3n) is 3.13. The minimum Gasteiger partial charge on any atom is -0.384 e. The Labute approximate surface area is 116 Å². The van der Waals surface area contributed by atoms with Crippen LogP contribution in [0.4, 0.5) is 0 Å². The summed E-state index contributed by atoms with van der Waals surface area (Å²) in [5.41, 5.74) is 2.17. The summed E-state index contributed by atoms with van der Waals surface area (Å²) >= 11 is 0. The van der Waals surface area contributed by atoms with Gasteiger partial charge in [-0.1, -0.05) is 37.0 Å². The second kappa shape index (κ2) is 8.71. The zero-order valence-electron chi connectivity index (χ0n) is 12.0. The lowest BCUT2D eigenvalue weighted by molar-refractivity contribution is 0.0981. The van der Waals surface area contributed by atoms with Gasteiger partial charge in [0, 0.05) is 25.3 Å². The number of ether oxygens (including phenoxy) is 1. The van der Waals surface area contributed by atoms with E-state index < -0.39 is 0 Å². The smallest absolute Gasteiger partial charge is 0.104 e. The van der Waals surface area contributed by atoms with Crippen molar-refractivity contribution in [3.63, 3.8) is 0 Å². The van der Waals surface area contributed by atoms with Crippen LogP contribution in [0.1, 0.15) is 25.0 Å². The van der Waals surface area contributed by atoms with Crippen LogP contribution in [-0.4, -0.2) is 42.9 Å². The molecule has 0 heterocycles. The molecule has 104 valence electrons. The van der Waals surface area contributed by atoms with E-state index in [9.17, 15) is 0 Å². The van der Waals surface area contributed by atoms with Crippen LogP contribution >= 0.6 is 0 Å². The third kappa shape index (κ3) is 5.04. The Balaban J connectivity index is 2.84. The number of rotatable bonds is 6. The molecule has 0 spiro atoms. The number of aliphatic hydroxyl groups excluding tert-OH is 1. The number of hydrogen-bond donors (Lipinski definition) is 1. The highest BCUT2D eigenvalue weighted by Crippen LogP contribution is 2.13. The topological polar surface area (TPSA) is 32.7 Å². The summed E-state index contributed by atoms with van der Waals surface area (Å²) in [5.74, 6) is 5.72.